The number of aromatic nitrogens is 4. The van der Waals surface area contributed by atoms with Crippen molar-refractivity contribution >= 4 is 11.6 Å². The third-order valence-corrected chi connectivity index (χ3v) is 4.58. The van der Waals surface area contributed by atoms with Crippen LogP contribution in [0.15, 0.2) is 44.8 Å². The minimum atomic E-state index is -0.842. The standard InChI is InChI=1S/C19H16ClN5O3/c1-10(2)14-6-11(9-22-17(14)26)5-12-3-4-13(7-15(12)20)25-19(28)23-18(27)16(8-21)24-25/h3-4,6-7,9-10H,5H2,1-2H3,(H,22,26)(H,23,27,28). The number of nitrogens with one attached hydrogen (secondary N) is 2. The van der Waals surface area contributed by atoms with E-state index in [0.717, 1.165) is 15.8 Å². The largest absolute Gasteiger partial charge is 0.349 e. The van der Waals surface area contributed by atoms with Crippen LogP contribution in [0.5, 0.6) is 0 Å². The van der Waals surface area contributed by atoms with E-state index in [9.17, 15) is 14.4 Å². The summed E-state index contributed by atoms with van der Waals surface area (Å²) in [6.45, 7) is 3.89. The lowest BCUT2D eigenvalue weighted by Gasteiger charge is -2.10. The molecule has 142 valence electrons. The van der Waals surface area contributed by atoms with Crippen molar-refractivity contribution in [1.29, 1.82) is 5.26 Å². The quantitative estimate of drug-likeness (QED) is 0.695. The molecule has 2 heterocycles. The van der Waals surface area contributed by atoms with Crippen LogP contribution in [-0.4, -0.2) is 19.7 Å². The normalized spacial score (nSPS) is 10.8. The maximum absolute atomic E-state index is 12.0. The third kappa shape index (κ3) is 3.80. The number of pyridine rings is 1. The topological polar surface area (TPSA) is 124 Å². The highest BCUT2D eigenvalue weighted by Gasteiger charge is 2.11. The molecule has 0 spiro atoms. The van der Waals surface area contributed by atoms with E-state index >= 15 is 0 Å². The molecule has 0 saturated carbocycles. The van der Waals surface area contributed by atoms with Crippen molar-refractivity contribution in [3.05, 3.63) is 89.1 Å². The van der Waals surface area contributed by atoms with Gasteiger partial charge in [-0.15, -0.1) is 5.10 Å². The van der Waals surface area contributed by atoms with Crippen molar-refractivity contribution in [3.63, 3.8) is 0 Å². The van der Waals surface area contributed by atoms with Crippen LogP contribution in [0.1, 0.15) is 42.1 Å². The maximum atomic E-state index is 12.0. The van der Waals surface area contributed by atoms with Gasteiger partial charge in [0.05, 0.1) is 5.69 Å². The zero-order valence-corrected chi connectivity index (χ0v) is 15.9. The molecule has 0 atom stereocenters. The van der Waals surface area contributed by atoms with Crippen molar-refractivity contribution in [1.82, 2.24) is 19.7 Å². The molecule has 0 aliphatic heterocycles. The fourth-order valence-corrected chi connectivity index (χ4v) is 3.00. The molecular weight excluding hydrogens is 382 g/mol. The Balaban J connectivity index is 1.98. The monoisotopic (exact) mass is 397 g/mol. The summed E-state index contributed by atoms with van der Waals surface area (Å²) in [5.41, 5.74) is 0.537. The summed E-state index contributed by atoms with van der Waals surface area (Å²) in [6, 6.07) is 8.35. The number of hydrogen-bond acceptors (Lipinski definition) is 5. The van der Waals surface area contributed by atoms with Crippen molar-refractivity contribution in [2.45, 2.75) is 26.2 Å². The molecule has 0 radical (unpaired) electrons. The number of nitrogens with zero attached hydrogens (tertiary/aromatic N) is 3. The Kier molecular flexibility index (Phi) is 5.29. The number of benzene rings is 1. The average molecular weight is 398 g/mol. The summed E-state index contributed by atoms with van der Waals surface area (Å²) in [5, 5.41) is 13.1. The summed E-state index contributed by atoms with van der Waals surface area (Å²) < 4.78 is 0.909. The Hall–Kier alpha value is -3.44. The summed E-state index contributed by atoms with van der Waals surface area (Å²) >= 11 is 6.37. The molecule has 0 saturated heterocycles. The molecule has 3 aromatic rings. The van der Waals surface area contributed by atoms with Crippen LogP contribution >= 0.6 is 11.6 Å². The van der Waals surface area contributed by atoms with Gasteiger partial charge in [0.2, 0.25) is 5.69 Å². The van der Waals surface area contributed by atoms with Crippen LogP contribution in [0.2, 0.25) is 5.02 Å². The van der Waals surface area contributed by atoms with Gasteiger partial charge in [-0.25, -0.2) is 4.79 Å². The molecule has 9 heteroatoms. The predicted octanol–water partition coefficient (Wildman–Crippen LogP) is 1.85. The number of nitriles is 1. The fourth-order valence-electron chi connectivity index (χ4n) is 2.76. The number of aromatic amines is 2. The summed E-state index contributed by atoms with van der Waals surface area (Å²) in [5.74, 6) is 0.0917. The maximum Gasteiger partial charge on any atom is 0.349 e. The van der Waals surface area contributed by atoms with Crippen LogP contribution in [0.3, 0.4) is 0 Å². The first-order valence-electron chi connectivity index (χ1n) is 8.44. The molecule has 28 heavy (non-hydrogen) atoms. The van der Waals surface area contributed by atoms with E-state index in [1.807, 2.05) is 24.9 Å². The van der Waals surface area contributed by atoms with Gasteiger partial charge in [-0.1, -0.05) is 31.5 Å². The number of hydrogen-bond donors (Lipinski definition) is 2. The molecule has 0 aliphatic rings. The van der Waals surface area contributed by atoms with Crippen LogP contribution in [0, 0.1) is 11.3 Å². The van der Waals surface area contributed by atoms with Crippen molar-refractivity contribution < 1.29 is 0 Å². The molecule has 0 unspecified atom stereocenters. The van der Waals surface area contributed by atoms with Gasteiger partial charge in [-0.05, 0) is 35.2 Å². The summed E-state index contributed by atoms with van der Waals surface area (Å²) in [4.78, 5) is 40.1. The van der Waals surface area contributed by atoms with E-state index < -0.39 is 16.9 Å². The minimum absolute atomic E-state index is 0.0917. The Morgan fingerprint density at radius 2 is 1.96 bits per heavy atom. The highest BCUT2D eigenvalue weighted by Crippen LogP contribution is 2.22. The van der Waals surface area contributed by atoms with E-state index in [2.05, 4.69) is 10.1 Å². The lowest BCUT2D eigenvalue weighted by molar-refractivity contribution is 0.740. The highest BCUT2D eigenvalue weighted by molar-refractivity contribution is 6.31. The van der Waals surface area contributed by atoms with Crippen molar-refractivity contribution in [2.24, 2.45) is 0 Å². The smallest absolute Gasteiger partial charge is 0.329 e. The second-order valence-corrected chi connectivity index (χ2v) is 6.94. The molecule has 8 nitrogen and oxygen atoms in total. The zero-order valence-electron chi connectivity index (χ0n) is 15.1. The molecule has 0 fully saturated rings. The number of H-pyrrole nitrogens is 2. The Morgan fingerprint density at radius 1 is 1.21 bits per heavy atom. The molecule has 1 aromatic carbocycles. The first-order valence-corrected chi connectivity index (χ1v) is 8.82. The van der Waals surface area contributed by atoms with Gasteiger partial charge < -0.3 is 4.98 Å². The van der Waals surface area contributed by atoms with Crippen LogP contribution in [0.25, 0.3) is 5.69 Å². The van der Waals surface area contributed by atoms with Crippen LogP contribution < -0.4 is 16.8 Å². The Bertz CT molecular complexity index is 1260. The van der Waals surface area contributed by atoms with Crippen LogP contribution in [-0.2, 0) is 6.42 Å². The zero-order chi connectivity index (χ0) is 20.4. The van der Waals surface area contributed by atoms with Crippen LogP contribution in [0.4, 0.5) is 0 Å². The summed E-state index contributed by atoms with van der Waals surface area (Å²) in [6.07, 6.45) is 2.12. The first-order chi connectivity index (χ1) is 13.3. The summed E-state index contributed by atoms with van der Waals surface area (Å²) in [7, 11) is 0. The third-order valence-electron chi connectivity index (χ3n) is 4.22. The van der Waals surface area contributed by atoms with Gasteiger partial charge in [0.25, 0.3) is 11.1 Å². The molecule has 0 amide bonds. The molecule has 3 rings (SSSR count). The minimum Gasteiger partial charge on any atom is -0.329 e. The SMILES string of the molecule is CC(C)c1cc(Cc2ccc(-n3nc(C#N)c(=O)[nH]c3=O)cc2Cl)c[nH]c1=O. The molecule has 2 N–H and O–H groups in total. The predicted molar refractivity (Wildman–Crippen MR) is 104 cm³/mol. The van der Waals surface area contributed by atoms with Gasteiger partial charge in [-0.2, -0.15) is 9.94 Å². The molecule has 2 aromatic heterocycles. The van der Waals surface area contributed by atoms with E-state index in [1.165, 1.54) is 6.07 Å². The molecule has 0 bridgehead atoms. The lowest BCUT2D eigenvalue weighted by Crippen LogP contribution is -2.33. The van der Waals surface area contributed by atoms with Gasteiger partial charge in [0, 0.05) is 23.2 Å². The number of rotatable bonds is 4. The molecular formula is C19H16ClN5O3. The van der Waals surface area contributed by atoms with E-state index in [1.54, 1.807) is 24.4 Å². The van der Waals surface area contributed by atoms with Gasteiger partial charge >= 0.3 is 5.69 Å². The Morgan fingerprint density at radius 3 is 2.61 bits per heavy atom. The average Bonchev–Trinajstić information content (AvgIpc) is 2.65. The van der Waals surface area contributed by atoms with E-state index in [-0.39, 0.29) is 11.5 Å². The van der Waals surface area contributed by atoms with E-state index in [4.69, 9.17) is 16.9 Å². The highest BCUT2D eigenvalue weighted by atomic mass is 35.5. The van der Waals surface area contributed by atoms with Crippen molar-refractivity contribution in [3.8, 4) is 11.8 Å². The lowest BCUT2D eigenvalue weighted by atomic mass is 10.00. The van der Waals surface area contributed by atoms with E-state index in [0.29, 0.717) is 22.7 Å². The second-order valence-electron chi connectivity index (χ2n) is 6.53. The second kappa shape index (κ2) is 7.66. The fraction of sp³-hybridized carbons (Fsp3) is 0.211. The van der Waals surface area contributed by atoms with Gasteiger partial charge in [-0.3, -0.25) is 14.6 Å². The number of halogens is 1. The van der Waals surface area contributed by atoms with Gasteiger partial charge in [0.15, 0.2) is 0 Å². The van der Waals surface area contributed by atoms with Crippen molar-refractivity contribution in [2.75, 3.05) is 0 Å². The Labute approximate surface area is 164 Å². The van der Waals surface area contributed by atoms with Gasteiger partial charge in [0.1, 0.15) is 6.07 Å². The molecule has 0 aliphatic carbocycles. The first kappa shape index (κ1) is 19.3.